The van der Waals surface area contributed by atoms with E-state index in [0.29, 0.717) is 25.8 Å². The largest absolute Gasteiger partial charge is 0.384 e. The number of hydrogen-bond donors (Lipinski definition) is 9. The number of rotatable bonds is 30. The lowest BCUT2D eigenvalue weighted by atomic mass is 10.1. The Morgan fingerprint density at radius 2 is 1.40 bits per heavy atom. The third kappa shape index (κ3) is 20.3. The number of likely N-dealkylation sites (N-methyl/N-ethyl adjacent to an activating group) is 1. The van der Waals surface area contributed by atoms with Crippen molar-refractivity contribution in [1.29, 1.82) is 0 Å². The molecule has 1 unspecified atom stereocenters. The summed E-state index contributed by atoms with van der Waals surface area (Å²) in [7, 11) is 3.04. The van der Waals surface area contributed by atoms with E-state index < -0.39 is 104 Å². The van der Waals surface area contributed by atoms with Crippen molar-refractivity contribution in [3.8, 4) is 0 Å². The van der Waals surface area contributed by atoms with E-state index in [1.807, 2.05) is 0 Å². The lowest BCUT2D eigenvalue weighted by Gasteiger charge is -2.26. The molecule has 0 aliphatic heterocycles. The first kappa shape index (κ1) is 55.4. The Balaban J connectivity index is 2.24. The molecular formula is C39H61N17O11. The van der Waals surface area contributed by atoms with Crippen LogP contribution in [0, 0.1) is 6.92 Å². The fraction of sp³-hybridized carbons (Fsp3) is 0.513. The molecule has 0 fully saturated rings. The Kier molecular flexibility index (Phi) is 23.9. The summed E-state index contributed by atoms with van der Waals surface area (Å²) in [5.74, 6) is -5.19. The van der Waals surface area contributed by atoms with Crippen LogP contribution in [0.3, 0.4) is 0 Å². The van der Waals surface area contributed by atoms with Gasteiger partial charge in [-0.05, 0) is 51.9 Å². The zero-order chi connectivity index (χ0) is 50.1. The number of nitrogens with zero attached hydrogens (tertiary/aromatic N) is 8. The third-order valence-corrected chi connectivity index (χ3v) is 9.57. The number of nitrogens with two attached hydrogens (primary N) is 4. The molecular weight excluding hydrogens is 883 g/mol. The van der Waals surface area contributed by atoms with Crippen molar-refractivity contribution in [3.63, 3.8) is 0 Å². The zero-order valence-electron chi connectivity index (χ0n) is 37.7. The molecule has 2 aromatic rings. The molecule has 28 nitrogen and oxygen atoms in total. The number of aromatic amines is 1. The molecule has 0 spiro atoms. The molecule has 0 aliphatic carbocycles. The Morgan fingerprint density at radius 3 is 1.94 bits per heavy atom. The number of unbranched alkanes of at least 4 members (excludes halogenated alkanes) is 1. The summed E-state index contributed by atoms with van der Waals surface area (Å²) in [4.78, 5) is 154. The van der Waals surface area contributed by atoms with Gasteiger partial charge in [0.25, 0.3) is 5.56 Å². The van der Waals surface area contributed by atoms with Crippen molar-refractivity contribution in [3.05, 3.63) is 67.6 Å². The van der Waals surface area contributed by atoms with Crippen LogP contribution in [-0.2, 0) is 51.4 Å². The Bertz CT molecular complexity index is 2290. The van der Waals surface area contributed by atoms with Crippen molar-refractivity contribution < 1.29 is 38.4 Å². The second-order valence-electron chi connectivity index (χ2n) is 14.8. The highest BCUT2D eigenvalue weighted by Crippen LogP contribution is 2.02. The molecule has 2 heterocycles. The van der Waals surface area contributed by atoms with Gasteiger partial charge in [-0.15, -0.1) is 0 Å². The van der Waals surface area contributed by atoms with Gasteiger partial charge < -0.3 is 63.8 Å². The summed E-state index contributed by atoms with van der Waals surface area (Å²) in [5.41, 5.74) is 20.1. The highest BCUT2D eigenvalue weighted by molar-refractivity contribution is 5.92. The van der Waals surface area contributed by atoms with Crippen LogP contribution in [0.15, 0.2) is 50.1 Å². The Labute approximate surface area is 384 Å². The summed E-state index contributed by atoms with van der Waals surface area (Å²) in [6.07, 6.45) is 6.46. The number of nitrogens with one attached hydrogen (secondary N) is 5. The third-order valence-electron chi connectivity index (χ3n) is 9.57. The van der Waals surface area contributed by atoms with Crippen LogP contribution in [-0.4, -0.2) is 184 Å². The minimum absolute atomic E-state index is 0.0476. The number of anilines is 1. The lowest BCUT2D eigenvalue weighted by Crippen LogP contribution is -2.51. The zero-order valence-corrected chi connectivity index (χ0v) is 37.7. The fourth-order valence-corrected chi connectivity index (χ4v) is 5.85. The molecule has 0 saturated carbocycles. The van der Waals surface area contributed by atoms with Gasteiger partial charge in [0.15, 0.2) is 0 Å². The van der Waals surface area contributed by atoms with Gasteiger partial charge in [0, 0.05) is 70.5 Å². The van der Waals surface area contributed by atoms with Crippen molar-refractivity contribution >= 4 is 59.4 Å². The number of H-pyrrole nitrogens is 1. The van der Waals surface area contributed by atoms with Crippen LogP contribution in [0.1, 0.15) is 24.8 Å². The number of aryl methyl sites for hydroxylation is 1. The number of primary amides is 1. The maximum absolute atomic E-state index is 13.6. The van der Waals surface area contributed by atoms with Gasteiger partial charge in [-0.3, -0.25) is 62.3 Å². The maximum Gasteiger partial charge on any atom is 0.349 e. The molecule has 67 heavy (non-hydrogen) atoms. The number of amidine groups is 1. The van der Waals surface area contributed by atoms with Crippen molar-refractivity contribution in [2.45, 2.75) is 45.3 Å². The van der Waals surface area contributed by atoms with Gasteiger partial charge in [-0.25, -0.2) is 9.59 Å². The van der Waals surface area contributed by atoms with E-state index in [0.717, 1.165) is 23.8 Å². The van der Waals surface area contributed by atoms with Crippen molar-refractivity contribution in [2.24, 2.45) is 22.2 Å². The quantitative estimate of drug-likeness (QED) is 0.0152. The van der Waals surface area contributed by atoms with E-state index in [9.17, 15) is 52.7 Å². The second kappa shape index (κ2) is 28.9. The highest BCUT2D eigenvalue weighted by Gasteiger charge is 2.25. The van der Waals surface area contributed by atoms with Crippen LogP contribution < -0.4 is 61.1 Å². The van der Waals surface area contributed by atoms with E-state index >= 15 is 0 Å². The smallest absolute Gasteiger partial charge is 0.349 e. The Hall–Kier alpha value is -7.75. The molecule has 28 heteroatoms. The molecule has 0 bridgehead atoms. The topological polar surface area (TPSA) is 404 Å². The first-order chi connectivity index (χ1) is 31.8. The number of aromatic nitrogens is 4. The normalized spacial score (nSPS) is 11.6. The molecule has 1 atom stereocenters. The van der Waals surface area contributed by atoms with Crippen LogP contribution in [0.25, 0.3) is 0 Å². The van der Waals surface area contributed by atoms with Gasteiger partial charge in [-0.2, -0.15) is 4.98 Å². The average molecular weight is 944 g/mol. The monoisotopic (exact) mass is 943 g/mol. The van der Waals surface area contributed by atoms with E-state index in [1.54, 1.807) is 7.05 Å². The highest BCUT2D eigenvalue weighted by atomic mass is 16.2. The van der Waals surface area contributed by atoms with E-state index in [2.05, 4.69) is 36.2 Å². The van der Waals surface area contributed by atoms with Crippen LogP contribution in [0.4, 0.5) is 5.82 Å². The molecule has 2 rings (SSSR count). The first-order valence-corrected chi connectivity index (χ1v) is 20.9. The standard InChI is InChI=1S/C39H61N17O11/c1-26-18-56(39(67)50-37(26)65)24-35(63)52(15-10-44-2)19-30(58)46-11-16-53(34(62)23-55-14-8-29(42)49-38(55)66)20-31(59)47-12-17-54(33(61)22-51(25-57)13-7-28(41)45-3)21-32(60)48-27(36(43)64)6-4-5-9-40/h7-8,13-14,18,25,27,44H,4-6,9-12,15-17,19-24,40H2,1-3H3,(H2,41,45)(H2,43,64)(H,46,58)(H,47,59)(H,48,60)(H2,42,49,66)(H,50,65,67)/b13-7-. The Morgan fingerprint density at radius 1 is 0.836 bits per heavy atom. The number of amides is 8. The van der Waals surface area contributed by atoms with Gasteiger partial charge in [0.1, 0.15) is 37.3 Å². The minimum Gasteiger partial charge on any atom is -0.384 e. The molecule has 368 valence electrons. The van der Waals surface area contributed by atoms with Crippen LogP contribution >= 0.6 is 0 Å². The van der Waals surface area contributed by atoms with Crippen LogP contribution in [0.2, 0.25) is 0 Å². The maximum atomic E-state index is 13.6. The molecule has 2 aromatic heterocycles. The molecule has 0 radical (unpaired) electrons. The van der Waals surface area contributed by atoms with Gasteiger partial charge in [0.05, 0.1) is 19.6 Å². The van der Waals surface area contributed by atoms with Crippen molar-refractivity contribution in [1.82, 2.24) is 60.0 Å². The first-order valence-electron chi connectivity index (χ1n) is 20.9. The lowest BCUT2D eigenvalue weighted by molar-refractivity contribution is -0.139. The van der Waals surface area contributed by atoms with Crippen LogP contribution in [0.5, 0.6) is 0 Å². The number of hydrogen-bond acceptors (Lipinski definition) is 16. The molecule has 0 aliphatic rings. The number of carbonyl (C=O) groups excluding carboxylic acids is 8. The predicted molar refractivity (Wildman–Crippen MR) is 242 cm³/mol. The summed E-state index contributed by atoms with van der Waals surface area (Å²) >= 11 is 0. The number of carbonyl (C=O) groups is 8. The SMILES string of the molecule is CN=C(N)/C=C\N(C=O)CC(=O)N(CCNC(=O)CN(CCNC(=O)CN(CCNC)C(=O)Cn1cc(C)c(=O)[nH]c1=O)C(=O)Cn1ccc(N)nc1=O)CC(=O)NC(CCCCN)C(N)=O. The summed E-state index contributed by atoms with van der Waals surface area (Å²) in [6.45, 7) is -2.35. The summed E-state index contributed by atoms with van der Waals surface area (Å²) in [6, 6.07) is 0.212. The van der Waals surface area contributed by atoms with Crippen molar-refractivity contribution in [2.75, 3.05) is 91.8 Å². The number of nitrogen functional groups attached to an aromatic ring is 1. The molecule has 8 amide bonds. The van der Waals surface area contributed by atoms with E-state index in [4.69, 9.17) is 22.9 Å². The van der Waals surface area contributed by atoms with E-state index in [1.165, 1.54) is 49.6 Å². The van der Waals surface area contributed by atoms with Gasteiger partial charge >= 0.3 is 11.4 Å². The number of aliphatic imine (C=N–C) groups is 1. The minimum atomic E-state index is -1.07. The fourth-order valence-electron chi connectivity index (χ4n) is 5.85. The predicted octanol–water partition coefficient (Wildman–Crippen LogP) is -7.32. The summed E-state index contributed by atoms with van der Waals surface area (Å²) < 4.78 is 1.94. The second-order valence-corrected chi connectivity index (χ2v) is 14.8. The average Bonchev–Trinajstić information content (AvgIpc) is 3.27. The molecule has 13 N–H and O–H groups in total. The molecule has 0 saturated heterocycles. The van der Waals surface area contributed by atoms with Gasteiger partial charge in [-0.1, -0.05) is 0 Å². The molecule has 0 aromatic carbocycles. The van der Waals surface area contributed by atoms with Gasteiger partial charge in [0.2, 0.25) is 47.8 Å². The van der Waals surface area contributed by atoms with E-state index in [-0.39, 0.29) is 62.9 Å². The summed E-state index contributed by atoms with van der Waals surface area (Å²) in [5, 5.41) is 10.5.